The van der Waals surface area contributed by atoms with Crippen LogP contribution in [0, 0.1) is 12.8 Å². The first-order valence-electron chi connectivity index (χ1n) is 10.2. The molecule has 3 N–H and O–H groups in total. The molecule has 1 aliphatic carbocycles. The van der Waals surface area contributed by atoms with Crippen molar-refractivity contribution in [2.75, 3.05) is 0 Å². The zero-order valence-corrected chi connectivity index (χ0v) is 17.3. The van der Waals surface area contributed by atoms with Crippen LogP contribution in [0.15, 0.2) is 30.3 Å². The van der Waals surface area contributed by atoms with Gasteiger partial charge >= 0.3 is 0 Å². The van der Waals surface area contributed by atoms with E-state index in [0.717, 1.165) is 35.4 Å². The summed E-state index contributed by atoms with van der Waals surface area (Å²) in [5.41, 5.74) is 9.98. The number of rotatable bonds is 7. The number of fused-ring (bicyclic) bond motifs is 1. The van der Waals surface area contributed by atoms with Gasteiger partial charge in [-0.1, -0.05) is 44.2 Å². The number of nitrogens with zero attached hydrogens (tertiary/aromatic N) is 1. The number of hydrogen-bond donors (Lipinski definition) is 2. The Labute approximate surface area is 171 Å². The van der Waals surface area contributed by atoms with E-state index < -0.39 is 11.9 Å². The van der Waals surface area contributed by atoms with E-state index in [1.54, 1.807) is 0 Å². The zero-order chi connectivity index (χ0) is 21.1. The predicted molar refractivity (Wildman–Crippen MR) is 112 cm³/mol. The number of carbonyl (C=O) groups is 3. The van der Waals surface area contributed by atoms with Gasteiger partial charge in [0.25, 0.3) is 0 Å². The lowest BCUT2D eigenvalue weighted by molar-refractivity contribution is -0.127. The molecule has 0 bridgehead atoms. The quantitative estimate of drug-likeness (QED) is 0.754. The van der Waals surface area contributed by atoms with Crippen molar-refractivity contribution in [3.8, 4) is 0 Å². The average Bonchev–Trinajstić information content (AvgIpc) is 2.93. The fraction of sp³-hybridized carbons (Fsp3) is 0.435. The zero-order valence-electron chi connectivity index (χ0n) is 17.3. The molecule has 1 aromatic heterocycles. The monoisotopic (exact) mass is 395 g/mol. The number of hydrogen-bond acceptors (Lipinski definition) is 3. The third-order valence-electron chi connectivity index (χ3n) is 5.66. The third kappa shape index (κ3) is 4.42. The summed E-state index contributed by atoms with van der Waals surface area (Å²) in [5, 5.41) is 2.74. The number of amides is 2. The van der Waals surface area contributed by atoms with Crippen LogP contribution in [0.4, 0.5) is 0 Å². The highest BCUT2D eigenvalue weighted by Crippen LogP contribution is 2.31. The number of carbonyl (C=O) groups excluding carboxylic acids is 3. The highest BCUT2D eigenvalue weighted by Gasteiger charge is 2.30. The Hall–Kier alpha value is -2.89. The largest absolute Gasteiger partial charge is 0.368 e. The lowest BCUT2D eigenvalue weighted by Gasteiger charge is -2.19. The molecule has 1 heterocycles. The van der Waals surface area contributed by atoms with Crippen LogP contribution in [-0.4, -0.2) is 28.2 Å². The summed E-state index contributed by atoms with van der Waals surface area (Å²) in [4.78, 5) is 37.1. The van der Waals surface area contributed by atoms with Gasteiger partial charge in [-0.15, -0.1) is 0 Å². The van der Waals surface area contributed by atoms with Crippen LogP contribution in [0.2, 0.25) is 0 Å². The topological polar surface area (TPSA) is 94.2 Å². The molecular weight excluding hydrogens is 366 g/mol. The lowest BCUT2D eigenvalue weighted by atomic mass is 9.91. The van der Waals surface area contributed by atoms with Crippen molar-refractivity contribution < 1.29 is 14.4 Å². The van der Waals surface area contributed by atoms with Crippen LogP contribution in [0.3, 0.4) is 0 Å². The summed E-state index contributed by atoms with van der Waals surface area (Å²) in [7, 11) is 0. The fourth-order valence-corrected chi connectivity index (χ4v) is 4.13. The number of Topliss-reactive ketones (excluding diaryl/α,β-unsaturated/α-hetero) is 1. The second-order valence-electron chi connectivity index (χ2n) is 8.10. The number of primary amides is 1. The summed E-state index contributed by atoms with van der Waals surface area (Å²) in [6, 6.07) is 9.36. The van der Waals surface area contributed by atoms with Crippen molar-refractivity contribution in [3.05, 3.63) is 58.4 Å². The second kappa shape index (κ2) is 8.64. The van der Waals surface area contributed by atoms with Gasteiger partial charge in [0, 0.05) is 29.9 Å². The molecule has 0 radical (unpaired) electrons. The maximum Gasteiger partial charge on any atom is 0.240 e. The van der Waals surface area contributed by atoms with Crippen molar-refractivity contribution in [2.24, 2.45) is 11.7 Å². The van der Waals surface area contributed by atoms with Crippen LogP contribution in [0.1, 0.15) is 59.6 Å². The number of ketones is 1. The first-order valence-corrected chi connectivity index (χ1v) is 10.2. The number of aromatic nitrogens is 1. The minimum atomic E-state index is -0.722. The van der Waals surface area contributed by atoms with E-state index in [9.17, 15) is 14.4 Å². The van der Waals surface area contributed by atoms with Gasteiger partial charge in [-0.2, -0.15) is 0 Å². The second-order valence-corrected chi connectivity index (χ2v) is 8.10. The number of nitrogens with two attached hydrogens (primary N) is 1. The van der Waals surface area contributed by atoms with E-state index >= 15 is 0 Å². The van der Waals surface area contributed by atoms with E-state index in [1.165, 1.54) is 0 Å². The molecule has 2 aromatic rings. The molecule has 6 heteroatoms. The maximum atomic E-state index is 12.7. The molecule has 6 nitrogen and oxygen atoms in total. The van der Waals surface area contributed by atoms with E-state index in [1.807, 2.05) is 39.0 Å². The van der Waals surface area contributed by atoms with Gasteiger partial charge in [-0.05, 0) is 36.8 Å². The highest BCUT2D eigenvalue weighted by atomic mass is 16.2. The van der Waals surface area contributed by atoms with E-state index in [4.69, 9.17) is 5.73 Å². The minimum absolute atomic E-state index is 0.0677. The number of nitrogens with one attached hydrogen (secondary N) is 1. The van der Waals surface area contributed by atoms with Gasteiger partial charge in [-0.25, -0.2) is 0 Å². The average molecular weight is 396 g/mol. The molecule has 0 aliphatic heterocycles. The van der Waals surface area contributed by atoms with Crippen molar-refractivity contribution in [1.29, 1.82) is 0 Å². The molecule has 1 atom stereocenters. The van der Waals surface area contributed by atoms with Gasteiger partial charge in [0.1, 0.15) is 6.04 Å². The molecule has 29 heavy (non-hydrogen) atoms. The standard InChI is InChI=1S/C23H29N3O3/c1-14(2)22(23(24)29)25-20(28)12-17-15(3)26(13-16-8-5-4-6-9-16)18-10-7-11-19(27)21(17)18/h4-6,8-9,14,22H,7,10-13H2,1-3H3,(H2,24,29)(H,25,28)/t22-/m0/s1. The molecule has 0 fully saturated rings. The first kappa shape index (κ1) is 20.8. The van der Waals surface area contributed by atoms with Gasteiger partial charge in [-0.3, -0.25) is 14.4 Å². The SMILES string of the molecule is Cc1c(CC(=O)N[C@H](C(N)=O)C(C)C)c2c(n1Cc1ccccc1)CCCC2=O. The van der Waals surface area contributed by atoms with Gasteiger partial charge < -0.3 is 15.6 Å². The Bertz CT molecular complexity index is 929. The summed E-state index contributed by atoms with van der Waals surface area (Å²) in [5.74, 6) is -0.844. The molecule has 1 aromatic carbocycles. The number of benzene rings is 1. The molecule has 3 rings (SSSR count). The molecule has 154 valence electrons. The van der Waals surface area contributed by atoms with Crippen molar-refractivity contribution >= 4 is 17.6 Å². The predicted octanol–water partition coefficient (Wildman–Crippen LogP) is 2.53. The molecule has 0 saturated heterocycles. The molecule has 0 saturated carbocycles. The smallest absolute Gasteiger partial charge is 0.240 e. The van der Waals surface area contributed by atoms with Gasteiger partial charge in [0.15, 0.2) is 5.78 Å². The lowest BCUT2D eigenvalue weighted by Crippen LogP contribution is -2.48. The Morgan fingerprint density at radius 2 is 1.86 bits per heavy atom. The normalized spacial score (nSPS) is 14.6. The molecule has 1 aliphatic rings. The Morgan fingerprint density at radius 1 is 1.17 bits per heavy atom. The van der Waals surface area contributed by atoms with Crippen molar-refractivity contribution in [2.45, 2.75) is 59.0 Å². The van der Waals surface area contributed by atoms with Crippen LogP contribution in [0.25, 0.3) is 0 Å². The van der Waals surface area contributed by atoms with Crippen LogP contribution in [0.5, 0.6) is 0 Å². The van der Waals surface area contributed by atoms with Crippen molar-refractivity contribution in [1.82, 2.24) is 9.88 Å². The van der Waals surface area contributed by atoms with Crippen molar-refractivity contribution in [3.63, 3.8) is 0 Å². The Kier molecular flexibility index (Phi) is 6.20. The minimum Gasteiger partial charge on any atom is -0.368 e. The maximum absolute atomic E-state index is 12.7. The van der Waals surface area contributed by atoms with Crippen LogP contribution >= 0.6 is 0 Å². The van der Waals surface area contributed by atoms with E-state index in [2.05, 4.69) is 22.0 Å². The third-order valence-corrected chi connectivity index (χ3v) is 5.66. The van der Waals surface area contributed by atoms with Crippen LogP contribution < -0.4 is 11.1 Å². The molecule has 0 spiro atoms. The summed E-state index contributed by atoms with van der Waals surface area (Å²) in [6.07, 6.45) is 2.23. The molecule has 0 unspecified atom stereocenters. The summed E-state index contributed by atoms with van der Waals surface area (Å²) in [6.45, 7) is 6.30. The van der Waals surface area contributed by atoms with Gasteiger partial charge in [0.05, 0.1) is 6.42 Å². The van der Waals surface area contributed by atoms with E-state index in [0.29, 0.717) is 18.5 Å². The Morgan fingerprint density at radius 3 is 2.48 bits per heavy atom. The molecule has 2 amide bonds. The highest BCUT2D eigenvalue weighted by molar-refractivity contribution is 6.01. The fourth-order valence-electron chi connectivity index (χ4n) is 4.13. The Balaban J connectivity index is 1.93. The molecular formula is C23H29N3O3. The summed E-state index contributed by atoms with van der Waals surface area (Å²) >= 11 is 0. The first-order chi connectivity index (χ1) is 13.8. The van der Waals surface area contributed by atoms with Crippen LogP contribution in [-0.2, 0) is 29.0 Å². The van der Waals surface area contributed by atoms with Gasteiger partial charge in [0.2, 0.25) is 11.8 Å². The van der Waals surface area contributed by atoms with E-state index in [-0.39, 0.29) is 24.0 Å². The summed E-state index contributed by atoms with van der Waals surface area (Å²) < 4.78 is 2.17.